The largest absolute Gasteiger partial charge is 0.462 e. The Hall–Kier alpha value is -1.59. The maximum Gasteiger partial charge on any atom is 0.306 e. The van der Waals surface area contributed by atoms with E-state index in [0.29, 0.717) is 12.8 Å². The summed E-state index contributed by atoms with van der Waals surface area (Å²) in [5, 5.41) is 0. The molecule has 0 unspecified atom stereocenters. The second-order valence-electron chi connectivity index (χ2n) is 16.8. The molecule has 0 N–H and O–H groups in total. The SMILES string of the molecule is CCCCCCCCC.CCCCCCCCCCCCCCCCCC(=O)OC[C@@H](COC(C)=O)OC(=O)CCCCCCCCCCCCCCCCC. The summed E-state index contributed by atoms with van der Waals surface area (Å²) in [6.45, 7) is 10.2. The standard InChI is InChI=1S/C41H78O6.C9H20/c1-4-6-8-10-12-14-16-18-20-22-24-26-28-30-32-34-40(43)46-37-39(36-45-38(3)42)47-41(44)35-33-31-29-27-25-23-21-19-17-15-13-11-9-7-5-2;1-3-5-7-9-8-6-4-2/h39H,4-37H2,1-3H3;3-9H2,1-2H3/t39-;/m1./s1. The third kappa shape index (κ3) is 50.4. The minimum atomic E-state index is -0.757. The lowest BCUT2D eigenvalue weighted by atomic mass is 10.0. The molecular weight excluding hydrogens is 697 g/mol. The topological polar surface area (TPSA) is 78.9 Å². The molecule has 0 fully saturated rings. The lowest BCUT2D eigenvalue weighted by molar-refractivity contribution is -0.166. The van der Waals surface area contributed by atoms with Crippen molar-refractivity contribution in [3.05, 3.63) is 0 Å². The average Bonchev–Trinajstić information content (AvgIpc) is 3.19. The first kappa shape index (κ1) is 56.5. The second kappa shape index (κ2) is 49.6. The van der Waals surface area contributed by atoms with Crippen molar-refractivity contribution in [3.63, 3.8) is 0 Å². The van der Waals surface area contributed by atoms with Crippen LogP contribution in [0.4, 0.5) is 0 Å². The Kier molecular flexibility index (Phi) is 50.0. The van der Waals surface area contributed by atoms with Crippen LogP contribution in [0.1, 0.15) is 285 Å². The molecule has 6 heteroatoms. The van der Waals surface area contributed by atoms with Gasteiger partial charge in [-0.2, -0.15) is 0 Å². The zero-order chi connectivity index (χ0) is 41.4. The molecule has 0 aliphatic rings. The molecule has 0 saturated heterocycles. The van der Waals surface area contributed by atoms with E-state index in [2.05, 4.69) is 27.7 Å². The van der Waals surface area contributed by atoms with Crippen LogP contribution < -0.4 is 0 Å². The van der Waals surface area contributed by atoms with Gasteiger partial charge in [0.1, 0.15) is 13.2 Å². The molecule has 0 radical (unpaired) electrons. The number of esters is 3. The van der Waals surface area contributed by atoms with Gasteiger partial charge in [0, 0.05) is 19.8 Å². The monoisotopic (exact) mass is 795 g/mol. The minimum absolute atomic E-state index is 0.0740. The van der Waals surface area contributed by atoms with Crippen molar-refractivity contribution in [1.29, 1.82) is 0 Å². The number of rotatable bonds is 43. The zero-order valence-corrected chi connectivity index (χ0v) is 38.5. The third-order valence-electron chi connectivity index (χ3n) is 10.9. The van der Waals surface area contributed by atoms with Crippen LogP contribution in [0.3, 0.4) is 0 Å². The summed E-state index contributed by atoms with van der Waals surface area (Å²) >= 11 is 0. The van der Waals surface area contributed by atoms with Gasteiger partial charge in [-0.1, -0.05) is 252 Å². The highest BCUT2D eigenvalue weighted by molar-refractivity contribution is 5.70. The van der Waals surface area contributed by atoms with Crippen LogP contribution in [0.15, 0.2) is 0 Å². The summed E-state index contributed by atoms with van der Waals surface area (Å²) in [5.41, 5.74) is 0. The highest BCUT2D eigenvalue weighted by Crippen LogP contribution is 2.16. The van der Waals surface area contributed by atoms with E-state index in [1.807, 2.05) is 0 Å². The number of carbonyl (C=O) groups excluding carboxylic acids is 3. The highest BCUT2D eigenvalue weighted by Gasteiger charge is 2.18. The molecule has 0 aliphatic heterocycles. The number of hydrogen-bond acceptors (Lipinski definition) is 6. The molecule has 0 aliphatic carbocycles. The van der Waals surface area contributed by atoms with Gasteiger partial charge in [-0.05, 0) is 12.8 Å². The van der Waals surface area contributed by atoms with Gasteiger partial charge in [0.15, 0.2) is 6.10 Å². The molecule has 0 spiro atoms. The van der Waals surface area contributed by atoms with Crippen molar-refractivity contribution in [1.82, 2.24) is 0 Å². The first-order valence-electron chi connectivity index (χ1n) is 24.9. The lowest BCUT2D eigenvalue weighted by Crippen LogP contribution is -2.30. The first-order chi connectivity index (χ1) is 27.4. The predicted octanol–water partition coefficient (Wildman–Crippen LogP) is 16.3. The number of carbonyl (C=O) groups is 3. The minimum Gasteiger partial charge on any atom is -0.462 e. The van der Waals surface area contributed by atoms with Crippen LogP contribution in [0, 0.1) is 0 Å². The van der Waals surface area contributed by atoms with Gasteiger partial charge in [0.2, 0.25) is 0 Å². The summed E-state index contributed by atoms with van der Waals surface area (Å²) in [7, 11) is 0. The smallest absolute Gasteiger partial charge is 0.306 e. The molecular formula is C50H98O6. The van der Waals surface area contributed by atoms with Crippen molar-refractivity contribution in [2.75, 3.05) is 13.2 Å². The first-order valence-corrected chi connectivity index (χ1v) is 24.9. The van der Waals surface area contributed by atoms with Crippen molar-refractivity contribution < 1.29 is 28.6 Å². The van der Waals surface area contributed by atoms with Gasteiger partial charge >= 0.3 is 17.9 Å². The van der Waals surface area contributed by atoms with E-state index in [1.165, 1.54) is 206 Å². The Morgan fingerprint density at radius 2 is 0.554 bits per heavy atom. The Bertz CT molecular complexity index is 792. The molecule has 0 heterocycles. The van der Waals surface area contributed by atoms with E-state index in [4.69, 9.17) is 14.2 Å². The Morgan fingerprint density at radius 3 is 0.821 bits per heavy atom. The number of hydrogen-bond donors (Lipinski definition) is 0. The van der Waals surface area contributed by atoms with Crippen molar-refractivity contribution >= 4 is 17.9 Å². The van der Waals surface area contributed by atoms with E-state index in [0.717, 1.165) is 38.5 Å². The van der Waals surface area contributed by atoms with E-state index in [9.17, 15) is 14.4 Å². The molecule has 0 aromatic heterocycles. The van der Waals surface area contributed by atoms with Crippen LogP contribution >= 0.6 is 0 Å². The summed E-state index contributed by atoms with van der Waals surface area (Å²) in [6.07, 6.45) is 48.3. The van der Waals surface area contributed by atoms with Crippen LogP contribution in [-0.2, 0) is 28.6 Å². The lowest BCUT2D eigenvalue weighted by Gasteiger charge is -2.18. The maximum absolute atomic E-state index is 12.4. The fourth-order valence-electron chi connectivity index (χ4n) is 7.14. The van der Waals surface area contributed by atoms with Crippen LogP contribution in [0.25, 0.3) is 0 Å². The fourth-order valence-corrected chi connectivity index (χ4v) is 7.14. The number of ether oxygens (including phenoxy) is 3. The fraction of sp³-hybridized carbons (Fsp3) is 0.940. The molecule has 334 valence electrons. The normalized spacial score (nSPS) is 11.5. The third-order valence-corrected chi connectivity index (χ3v) is 10.9. The Balaban J connectivity index is 0. The van der Waals surface area contributed by atoms with Gasteiger partial charge in [0.25, 0.3) is 0 Å². The van der Waals surface area contributed by atoms with Crippen LogP contribution in [0.2, 0.25) is 0 Å². The molecule has 0 bridgehead atoms. The van der Waals surface area contributed by atoms with E-state index in [-0.39, 0.29) is 25.2 Å². The second-order valence-corrected chi connectivity index (χ2v) is 16.8. The van der Waals surface area contributed by atoms with Gasteiger partial charge in [-0.3, -0.25) is 14.4 Å². The molecule has 1 atom stereocenters. The van der Waals surface area contributed by atoms with Crippen LogP contribution in [-0.4, -0.2) is 37.2 Å². The van der Waals surface area contributed by atoms with E-state index < -0.39 is 12.1 Å². The Labute approximate surface area is 349 Å². The zero-order valence-electron chi connectivity index (χ0n) is 38.5. The summed E-state index contributed by atoms with van der Waals surface area (Å²) < 4.78 is 15.9. The maximum atomic E-state index is 12.4. The quantitative estimate of drug-likeness (QED) is 0.0347. The van der Waals surface area contributed by atoms with E-state index >= 15 is 0 Å². The van der Waals surface area contributed by atoms with Crippen molar-refractivity contribution in [2.45, 2.75) is 291 Å². The summed E-state index contributed by atoms with van der Waals surface area (Å²) in [5.74, 6) is -1.06. The van der Waals surface area contributed by atoms with Crippen molar-refractivity contribution in [2.24, 2.45) is 0 Å². The van der Waals surface area contributed by atoms with Gasteiger partial charge < -0.3 is 14.2 Å². The molecule has 0 aromatic carbocycles. The van der Waals surface area contributed by atoms with Crippen LogP contribution in [0.5, 0.6) is 0 Å². The van der Waals surface area contributed by atoms with Crippen molar-refractivity contribution in [3.8, 4) is 0 Å². The molecule has 56 heavy (non-hydrogen) atoms. The molecule has 0 amide bonds. The summed E-state index contributed by atoms with van der Waals surface area (Å²) in [6, 6.07) is 0. The van der Waals surface area contributed by atoms with Gasteiger partial charge in [0.05, 0.1) is 0 Å². The highest BCUT2D eigenvalue weighted by atomic mass is 16.6. The molecule has 0 saturated carbocycles. The predicted molar refractivity (Wildman–Crippen MR) is 240 cm³/mol. The number of unbranched alkanes of at least 4 members (excludes halogenated alkanes) is 34. The van der Waals surface area contributed by atoms with E-state index in [1.54, 1.807) is 0 Å². The molecule has 6 nitrogen and oxygen atoms in total. The molecule has 0 rings (SSSR count). The van der Waals surface area contributed by atoms with Gasteiger partial charge in [-0.25, -0.2) is 0 Å². The summed E-state index contributed by atoms with van der Waals surface area (Å²) in [4.78, 5) is 36.0. The van der Waals surface area contributed by atoms with Gasteiger partial charge in [-0.15, -0.1) is 0 Å². The Morgan fingerprint density at radius 1 is 0.321 bits per heavy atom. The molecule has 0 aromatic rings. The average molecular weight is 795 g/mol.